The average molecular weight is 405 g/mol. The van der Waals surface area contributed by atoms with Crippen LogP contribution in [-0.4, -0.2) is 40.9 Å². The molecule has 1 saturated heterocycles. The van der Waals surface area contributed by atoms with Gasteiger partial charge in [0, 0.05) is 23.4 Å². The fraction of sp³-hybridized carbons (Fsp3) is 0.920. The second kappa shape index (κ2) is 6.31. The molecule has 0 aromatic rings. The maximum atomic E-state index is 11.6. The van der Waals surface area contributed by atoms with Gasteiger partial charge in [-0.2, -0.15) is 0 Å². The second-order valence-corrected chi connectivity index (χ2v) is 12.2. The third-order valence-corrected chi connectivity index (χ3v) is 11.0. The molecule has 0 spiro atoms. The van der Waals surface area contributed by atoms with Gasteiger partial charge in [0.05, 0.1) is 12.7 Å². The molecule has 5 rings (SSSR count). The number of aliphatic hydroxyl groups is 3. The monoisotopic (exact) mass is 404 g/mol. The Morgan fingerprint density at radius 1 is 1.03 bits per heavy atom. The lowest BCUT2D eigenvalue weighted by molar-refractivity contribution is -0.261. The van der Waals surface area contributed by atoms with E-state index in [1.807, 2.05) is 0 Å². The summed E-state index contributed by atoms with van der Waals surface area (Å²) < 4.78 is 5.61. The minimum atomic E-state index is -0.837. The predicted molar refractivity (Wildman–Crippen MR) is 112 cm³/mol. The van der Waals surface area contributed by atoms with Crippen LogP contribution in [0.3, 0.4) is 0 Å². The fourth-order valence-corrected chi connectivity index (χ4v) is 9.72. The van der Waals surface area contributed by atoms with Gasteiger partial charge >= 0.3 is 0 Å². The summed E-state index contributed by atoms with van der Waals surface area (Å²) in [5.74, 6) is 1.02. The number of hydrogen-bond acceptors (Lipinski definition) is 4. The Hall–Kier alpha value is -0.420. The number of allylic oxidation sites excluding steroid dienone is 1. The van der Waals surface area contributed by atoms with E-state index in [1.54, 1.807) is 0 Å². The number of aliphatic hydroxyl groups excluding tert-OH is 3. The largest absolute Gasteiger partial charge is 0.396 e. The van der Waals surface area contributed by atoms with Crippen molar-refractivity contribution in [1.29, 1.82) is 0 Å². The molecule has 9 atom stereocenters. The summed E-state index contributed by atoms with van der Waals surface area (Å²) in [5, 5.41) is 33.3. The Morgan fingerprint density at radius 2 is 1.79 bits per heavy atom. The van der Waals surface area contributed by atoms with E-state index in [4.69, 9.17) is 4.74 Å². The van der Waals surface area contributed by atoms with Gasteiger partial charge in [-0.3, -0.25) is 0 Å². The standard InChI is InChI=1S/C25H40O4/c1-22(2)9-5-10-23(3)16(22)8-11-25(14-26)17-7-6-15-13-29-21(28)20(15)24(17,4)19(27)12-18(23)25/h6,16-21,26-28H,5,7-14H2,1-4H3/t16-,17+,18+,19+,20+,21+,23-,24+,25+/m0/s1. The molecular formula is C25H40O4. The van der Waals surface area contributed by atoms with Gasteiger partial charge in [0.2, 0.25) is 0 Å². The molecular weight excluding hydrogens is 364 g/mol. The molecule has 164 valence electrons. The first kappa shape index (κ1) is 20.5. The Balaban J connectivity index is 1.62. The number of hydrogen-bond donors (Lipinski definition) is 3. The van der Waals surface area contributed by atoms with Crippen molar-refractivity contribution in [2.24, 2.45) is 45.3 Å². The van der Waals surface area contributed by atoms with Crippen LogP contribution in [0.15, 0.2) is 11.6 Å². The van der Waals surface area contributed by atoms with Gasteiger partial charge in [-0.05, 0) is 72.7 Å². The van der Waals surface area contributed by atoms with Gasteiger partial charge in [0.1, 0.15) is 0 Å². The first-order chi connectivity index (χ1) is 13.6. The summed E-state index contributed by atoms with van der Waals surface area (Å²) in [4.78, 5) is 0. The lowest BCUT2D eigenvalue weighted by Gasteiger charge is -2.70. The van der Waals surface area contributed by atoms with Crippen LogP contribution in [0.5, 0.6) is 0 Å². The first-order valence-electron chi connectivity index (χ1n) is 11.9. The molecule has 4 nitrogen and oxygen atoms in total. The predicted octanol–water partition coefficient (Wildman–Crippen LogP) is 3.89. The van der Waals surface area contributed by atoms with Gasteiger partial charge < -0.3 is 20.1 Å². The summed E-state index contributed by atoms with van der Waals surface area (Å²) >= 11 is 0. The second-order valence-electron chi connectivity index (χ2n) is 12.2. The molecule has 1 aliphatic heterocycles. The molecule has 0 aromatic heterocycles. The Bertz CT molecular complexity index is 716. The van der Waals surface area contributed by atoms with Crippen LogP contribution in [0.2, 0.25) is 0 Å². The molecule has 3 saturated carbocycles. The zero-order valence-electron chi connectivity index (χ0n) is 18.7. The van der Waals surface area contributed by atoms with Crippen LogP contribution >= 0.6 is 0 Å². The van der Waals surface area contributed by atoms with Crippen LogP contribution in [0, 0.1) is 45.3 Å². The van der Waals surface area contributed by atoms with E-state index in [2.05, 4.69) is 33.8 Å². The highest BCUT2D eigenvalue weighted by Gasteiger charge is 2.70. The molecule has 3 N–H and O–H groups in total. The molecule has 0 amide bonds. The summed E-state index contributed by atoms with van der Waals surface area (Å²) in [6.45, 7) is 10.2. The molecule has 0 radical (unpaired) electrons. The topological polar surface area (TPSA) is 69.9 Å². The highest BCUT2D eigenvalue weighted by atomic mass is 16.6. The fourth-order valence-electron chi connectivity index (χ4n) is 9.72. The molecule has 0 bridgehead atoms. The Kier molecular flexibility index (Phi) is 4.45. The minimum absolute atomic E-state index is 0.144. The molecule has 4 fully saturated rings. The summed E-state index contributed by atoms with van der Waals surface area (Å²) in [6.07, 6.45) is 8.53. The van der Waals surface area contributed by atoms with Crippen molar-refractivity contribution >= 4 is 0 Å². The maximum Gasteiger partial charge on any atom is 0.162 e. The lowest BCUT2D eigenvalue weighted by Crippen LogP contribution is -2.68. The lowest BCUT2D eigenvalue weighted by atomic mass is 9.34. The average Bonchev–Trinajstić information content (AvgIpc) is 3.04. The zero-order chi connectivity index (χ0) is 20.8. The molecule has 29 heavy (non-hydrogen) atoms. The molecule has 0 aromatic carbocycles. The van der Waals surface area contributed by atoms with Crippen LogP contribution in [-0.2, 0) is 4.74 Å². The van der Waals surface area contributed by atoms with E-state index in [9.17, 15) is 15.3 Å². The minimum Gasteiger partial charge on any atom is -0.396 e. The molecule has 0 unspecified atom stereocenters. The van der Waals surface area contributed by atoms with E-state index in [0.29, 0.717) is 23.9 Å². The smallest absolute Gasteiger partial charge is 0.162 e. The highest BCUT2D eigenvalue weighted by molar-refractivity contribution is 5.28. The molecule has 1 heterocycles. The van der Waals surface area contributed by atoms with Crippen molar-refractivity contribution in [3.8, 4) is 0 Å². The quantitative estimate of drug-likeness (QED) is 0.580. The Labute approximate surface area is 175 Å². The SMILES string of the molecule is CC1(C)CCC[C@]2(C)[C@H]3C[C@@H](O)[C@]4(C)[C@@H]5C(=CC[C@H]4[C@]3(CO)CC[C@@H]12)CO[C@H]5O. The van der Waals surface area contributed by atoms with Gasteiger partial charge in [-0.15, -0.1) is 0 Å². The number of ether oxygens (including phenoxy) is 1. The highest BCUT2D eigenvalue weighted by Crippen LogP contribution is 2.73. The summed E-state index contributed by atoms with van der Waals surface area (Å²) in [5.41, 5.74) is 1.04. The van der Waals surface area contributed by atoms with Crippen LogP contribution in [0.25, 0.3) is 0 Å². The Morgan fingerprint density at radius 3 is 2.52 bits per heavy atom. The number of rotatable bonds is 1. The van der Waals surface area contributed by atoms with Crippen molar-refractivity contribution < 1.29 is 20.1 Å². The number of fused-ring (bicyclic) bond motifs is 7. The molecule has 5 aliphatic rings. The summed E-state index contributed by atoms with van der Waals surface area (Å²) in [7, 11) is 0. The van der Waals surface area contributed by atoms with Crippen molar-refractivity contribution in [3.05, 3.63) is 11.6 Å². The maximum absolute atomic E-state index is 11.6. The van der Waals surface area contributed by atoms with E-state index in [-0.39, 0.29) is 29.3 Å². The van der Waals surface area contributed by atoms with E-state index < -0.39 is 17.8 Å². The molecule has 4 heteroatoms. The third-order valence-electron chi connectivity index (χ3n) is 11.0. The van der Waals surface area contributed by atoms with Crippen molar-refractivity contribution in [2.45, 2.75) is 85.0 Å². The van der Waals surface area contributed by atoms with Crippen molar-refractivity contribution in [1.82, 2.24) is 0 Å². The van der Waals surface area contributed by atoms with Gasteiger partial charge in [0.15, 0.2) is 6.29 Å². The molecule has 4 aliphatic carbocycles. The van der Waals surface area contributed by atoms with Crippen molar-refractivity contribution in [2.75, 3.05) is 13.2 Å². The van der Waals surface area contributed by atoms with Gasteiger partial charge in [-0.25, -0.2) is 0 Å². The van der Waals surface area contributed by atoms with Crippen molar-refractivity contribution in [3.63, 3.8) is 0 Å². The van der Waals surface area contributed by atoms with Crippen LogP contribution < -0.4 is 0 Å². The van der Waals surface area contributed by atoms with Crippen LogP contribution in [0.4, 0.5) is 0 Å². The van der Waals surface area contributed by atoms with Gasteiger partial charge in [-0.1, -0.05) is 40.2 Å². The first-order valence-corrected chi connectivity index (χ1v) is 11.9. The summed E-state index contributed by atoms with van der Waals surface area (Å²) in [6, 6.07) is 0. The van der Waals surface area contributed by atoms with E-state index >= 15 is 0 Å². The zero-order valence-corrected chi connectivity index (χ0v) is 18.7. The normalized spacial score (nSPS) is 55.9. The third kappa shape index (κ3) is 2.41. The van der Waals surface area contributed by atoms with Gasteiger partial charge in [0.25, 0.3) is 0 Å². The van der Waals surface area contributed by atoms with E-state index in [0.717, 1.165) is 24.8 Å². The van der Waals surface area contributed by atoms with E-state index in [1.165, 1.54) is 25.7 Å². The van der Waals surface area contributed by atoms with Crippen LogP contribution in [0.1, 0.15) is 72.6 Å².